The zero-order valence-electron chi connectivity index (χ0n) is 21.9. The first-order chi connectivity index (χ1) is 18.6. The van der Waals surface area contributed by atoms with Gasteiger partial charge in [0, 0.05) is 29.4 Å². The van der Waals surface area contributed by atoms with E-state index in [1.807, 2.05) is 32.9 Å². The van der Waals surface area contributed by atoms with Crippen LogP contribution in [0.25, 0.3) is 10.9 Å². The Morgan fingerprint density at radius 2 is 1.97 bits per heavy atom. The number of carbonyl (C=O) groups excluding carboxylic acids is 2. The molecule has 1 aromatic carbocycles. The average Bonchev–Trinajstić information content (AvgIpc) is 3.22. The molecule has 11 heteroatoms. The van der Waals surface area contributed by atoms with Crippen molar-refractivity contribution in [2.24, 2.45) is 0 Å². The van der Waals surface area contributed by atoms with Crippen molar-refractivity contribution in [3.8, 4) is 11.5 Å². The van der Waals surface area contributed by atoms with E-state index in [9.17, 15) is 14.7 Å². The number of hydrogen-bond acceptors (Lipinski definition) is 8. The summed E-state index contributed by atoms with van der Waals surface area (Å²) in [6.45, 7) is 6.19. The van der Waals surface area contributed by atoms with Gasteiger partial charge in [-0.2, -0.15) is 0 Å². The van der Waals surface area contributed by atoms with Gasteiger partial charge < -0.3 is 19.1 Å². The fourth-order valence-corrected chi connectivity index (χ4v) is 4.68. The molecule has 6 rings (SSSR count). The lowest BCUT2D eigenvalue weighted by atomic mass is 10.1. The Morgan fingerprint density at radius 1 is 1.15 bits per heavy atom. The Balaban J connectivity index is 1.16. The number of pyridine rings is 1. The monoisotopic (exact) mass is 531 g/mol. The maximum Gasteiger partial charge on any atom is 0.410 e. The van der Waals surface area contributed by atoms with Crippen LogP contribution in [0.1, 0.15) is 50.6 Å². The second-order valence-corrected chi connectivity index (χ2v) is 11.0. The van der Waals surface area contributed by atoms with E-state index in [0.29, 0.717) is 41.7 Å². The number of hydrogen-bond donors (Lipinski definition) is 2. The van der Waals surface area contributed by atoms with E-state index >= 15 is 0 Å². The number of nitrogens with zero attached hydrogens (tertiary/aromatic N) is 4. The zero-order valence-corrected chi connectivity index (χ0v) is 21.9. The van der Waals surface area contributed by atoms with Crippen molar-refractivity contribution in [3.63, 3.8) is 0 Å². The molecule has 0 unspecified atom stereocenters. The summed E-state index contributed by atoms with van der Waals surface area (Å²) in [6.07, 6.45) is 4.61. The number of aromatic nitrogens is 3. The van der Waals surface area contributed by atoms with Crippen molar-refractivity contribution in [2.45, 2.75) is 57.7 Å². The second-order valence-electron chi connectivity index (χ2n) is 11.0. The van der Waals surface area contributed by atoms with Gasteiger partial charge in [0.15, 0.2) is 5.82 Å². The normalized spacial score (nSPS) is 15.7. The predicted molar refractivity (Wildman–Crippen MR) is 141 cm³/mol. The molecule has 1 aliphatic heterocycles. The van der Waals surface area contributed by atoms with Gasteiger partial charge in [0.1, 0.15) is 22.9 Å². The molecule has 11 nitrogen and oxygen atoms in total. The van der Waals surface area contributed by atoms with Gasteiger partial charge in [0.2, 0.25) is 0 Å². The molecule has 202 valence electrons. The third-order valence-corrected chi connectivity index (χ3v) is 6.98. The molecule has 1 fully saturated rings. The van der Waals surface area contributed by atoms with Gasteiger partial charge >= 0.3 is 12.1 Å². The smallest absolute Gasteiger partial charge is 0.410 e. The quantitative estimate of drug-likeness (QED) is 0.360. The summed E-state index contributed by atoms with van der Waals surface area (Å²) in [5.41, 5.74) is 1.34. The fourth-order valence-electron chi connectivity index (χ4n) is 4.68. The molecular weight excluding hydrogens is 502 g/mol. The van der Waals surface area contributed by atoms with E-state index in [2.05, 4.69) is 15.5 Å². The van der Waals surface area contributed by atoms with Crippen LogP contribution in [0.4, 0.5) is 15.4 Å². The van der Waals surface area contributed by atoms with Crippen molar-refractivity contribution < 1.29 is 28.7 Å². The van der Waals surface area contributed by atoms with Gasteiger partial charge in [-0.3, -0.25) is 19.8 Å². The number of aliphatic hydroxyl groups excluding tert-OH is 1. The average molecular weight is 532 g/mol. The van der Waals surface area contributed by atoms with Crippen LogP contribution in [0, 0.1) is 0 Å². The highest BCUT2D eigenvalue weighted by atomic mass is 16.6. The summed E-state index contributed by atoms with van der Waals surface area (Å²) in [5.74, 6) is 2.07. The van der Waals surface area contributed by atoms with Crippen LogP contribution in [0.2, 0.25) is 0 Å². The van der Waals surface area contributed by atoms with E-state index in [1.54, 1.807) is 41.6 Å². The Bertz CT molecular complexity index is 1580. The minimum atomic E-state index is -0.585. The number of aliphatic hydroxyl groups is 1. The van der Waals surface area contributed by atoms with Crippen molar-refractivity contribution in [1.29, 1.82) is 0 Å². The Kier molecular flexibility index (Phi) is 5.83. The molecule has 0 bridgehead atoms. The summed E-state index contributed by atoms with van der Waals surface area (Å²) < 4.78 is 18.5. The molecule has 4 heterocycles. The molecule has 0 radical (unpaired) electrons. The number of anilines is 1. The van der Waals surface area contributed by atoms with Gasteiger partial charge in [-0.15, -0.1) is 0 Å². The Labute approximate surface area is 224 Å². The molecule has 4 aromatic rings. The van der Waals surface area contributed by atoms with Crippen LogP contribution >= 0.6 is 0 Å². The summed E-state index contributed by atoms with van der Waals surface area (Å²) >= 11 is 0. The first-order valence-electron chi connectivity index (χ1n) is 12.8. The second kappa shape index (κ2) is 9.12. The van der Waals surface area contributed by atoms with E-state index in [0.717, 1.165) is 29.5 Å². The van der Waals surface area contributed by atoms with Crippen molar-refractivity contribution in [3.05, 3.63) is 65.8 Å². The third kappa shape index (κ3) is 4.81. The number of carbonyl (C=O) groups is 2. The van der Waals surface area contributed by atoms with Crippen LogP contribution < -0.4 is 10.1 Å². The molecule has 3 aromatic heterocycles. The Hall–Kier alpha value is -4.38. The highest BCUT2D eigenvalue weighted by Crippen LogP contribution is 2.48. The number of fused-ring (bicyclic) bond motifs is 2. The minimum absolute atomic E-state index is 0.00742. The molecule has 1 saturated carbocycles. The standard InChI is InChI=1S/C28H29N5O6/c1-27(2,3)38-26(36)32-14-19-20(15-32)29-10-6-22(19)37-18-4-5-21-17(12-18)7-11-33(21)25(35)30-24-13-23(39-31-24)28(16-34)8-9-28/h4-7,10-13,34H,8-9,14-16H2,1-3H3,(H,30,31,35). The highest BCUT2D eigenvalue weighted by Gasteiger charge is 2.47. The van der Waals surface area contributed by atoms with E-state index in [1.165, 1.54) is 4.57 Å². The minimum Gasteiger partial charge on any atom is -0.457 e. The molecule has 2 amide bonds. The van der Waals surface area contributed by atoms with E-state index in [-0.39, 0.29) is 18.1 Å². The van der Waals surface area contributed by atoms with Crippen molar-refractivity contribution >= 4 is 28.8 Å². The van der Waals surface area contributed by atoms with Crippen LogP contribution in [0.3, 0.4) is 0 Å². The number of rotatable bonds is 5. The molecule has 0 saturated heterocycles. The van der Waals surface area contributed by atoms with Crippen LogP contribution in [-0.2, 0) is 23.2 Å². The lowest BCUT2D eigenvalue weighted by Crippen LogP contribution is -2.33. The molecule has 0 atom stereocenters. The van der Waals surface area contributed by atoms with Crippen molar-refractivity contribution in [1.82, 2.24) is 19.6 Å². The zero-order chi connectivity index (χ0) is 27.4. The first kappa shape index (κ1) is 24.9. The highest BCUT2D eigenvalue weighted by molar-refractivity contribution is 5.98. The van der Waals surface area contributed by atoms with Gasteiger partial charge in [0.25, 0.3) is 0 Å². The number of benzene rings is 1. The van der Waals surface area contributed by atoms with Crippen LogP contribution in [0.5, 0.6) is 11.5 Å². The van der Waals surface area contributed by atoms with Crippen molar-refractivity contribution in [2.75, 3.05) is 11.9 Å². The number of nitrogens with one attached hydrogen (secondary N) is 1. The molecule has 1 aliphatic carbocycles. The predicted octanol–water partition coefficient (Wildman–Crippen LogP) is 5.17. The fraction of sp³-hybridized carbons (Fsp3) is 0.357. The number of ether oxygens (including phenoxy) is 2. The maximum atomic E-state index is 12.9. The lowest BCUT2D eigenvalue weighted by molar-refractivity contribution is 0.0240. The molecular formula is C28H29N5O6. The first-order valence-corrected chi connectivity index (χ1v) is 12.8. The van der Waals surface area contributed by atoms with E-state index < -0.39 is 11.7 Å². The molecule has 2 N–H and O–H groups in total. The SMILES string of the molecule is CC(C)(C)OC(=O)N1Cc2nccc(Oc3ccc4c(ccn4C(=O)Nc4cc(C5(CO)CC5)on4)c3)c2C1. The summed E-state index contributed by atoms with van der Waals surface area (Å²) in [7, 11) is 0. The molecule has 39 heavy (non-hydrogen) atoms. The summed E-state index contributed by atoms with van der Waals surface area (Å²) in [6, 6.07) is 10.3. The van der Waals surface area contributed by atoms with Crippen LogP contribution in [-0.4, -0.2) is 49.0 Å². The molecule has 0 spiro atoms. The number of amides is 2. The van der Waals surface area contributed by atoms with Gasteiger partial charge in [-0.05, 0) is 63.9 Å². The lowest BCUT2D eigenvalue weighted by Gasteiger charge is -2.24. The third-order valence-electron chi connectivity index (χ3n) is 6.98. The van der Waals surface area contributed by atoms with Crippen LogP contribution in [0.15, 0.2) is 53.3 Å². The van der Waals surface area contributed by atoms with E-state index in [4.69, 9.17) is 14.0 Å². The topological polar surface area (TPSA) is 132 Å². The largest absolute Gasteiger partial charge is 0.457 e. The summed E-state index contributed by atoms with van der Waals surface area (Å²) in [4.78, 5) is 31.5. The van der Waals surface area contributed by atoms with Gasteiger partial charge in [0.05, 0.1) is 36.3 Å². The maximum absolute atomic E-state index is 12.9. The molecule has 2 aliphatic rings. The summed E-state index contributed by atoms with van der Waals surface area (Å²) in [5, 5.41) is 17.1. The Morgan fingerprint density at radius 3 is 2.72 bits per heavy atom. The van der Waals surface area contributed by atoms with Gasteiger partial charge in [-0.1, -0.05) is 5.16 Å². The van der Waals surface area contributed by atoms with Gasteiger partial charge in [-0.25, -0.2) is 9.59 Å².